The number of hydrogen-bond donors (Lipinski definition) is 0. The van der Waals surface area contributed by atoms with Gasteiger partial charge in [-0.2, -0.15) is 5.10 Å². The average molecular weight is 291 g/mol. The van der Waals surface area contributed by atoms with Crippen LogP contribution in [0.1, 0.15) is 26.5 Å². The molecule has 0 N–H and O–H groups in total. The van der Waals surface area contributed by atoms with Crippen molar-refractivity contribution in [3.8, 4) is 0 Å². The monoisotopic (exact) mass is 291 g/mol. The van der Waals surface area contributed by atoms with Gasteiger partial charge in [0, 0.05) is 13.3 Å². The molecule has 0 bridgehead atoms. The van der Waals surface area contributed by atoms with Crippen molar-refractivity contribution in [1.29, 1.82) is 0 Å². The van der Waals surface area contributed by atoms with Crippen LogP contribution in [-0.4, -0.2) is 21.5 Å². The normalized spacial score (nSPS) is 12.7. The highest BCUT2D eigenvalue weighted by Crippen LogP contribution is 2.10. The van der Waals surface area contributed by atoms with Gasteiger partial charge in [0.2, 0.25) is 0 Å². The van der Waals surface area contributed by atoms with E-state index < -0.39 is 0 Å². The van der Waals surface area contributed by atoms with Gasteiger partial charge < -0.3 is 0 Å². The standard InChI is InChI=1S/C9H14IN3/c1-9(2,3)11-6-8-7(10)5-12-13(8)4/h5-6H,1-4H3. The van der Waals surface area contributed by atoms with E-state index in [1.807, 2.05) is 24.1 Å². The molecule has 0 fully saturated rings. The Labute approximate surface area is 92.4 Å². The molecule has 4 heteroatoms. The van der Waals surface area contributed by atoms with E-state index in [1.54, 1.807) is 0 Å². The lowest BCUT2D eigenvalue weighted by molar-refractivity contribution is 0.585. The van der Waals surface area contributed by atoms with Gasteiger partial charge in [-0.15, -0.1) is 0 Å². The molecule has 0 amide bonds. The quantitative estimate of drug-likeness (QED) is 0.576. The topological polar surface area (TPSA) is 30.2 Å². The number of aryl methyl sites for hydroxylation is 1. The average Bonchev–Trinajstić information content (AvgIpc) is 2.27. The maximum atomic E-state index is 4.43. The molecule has 1 rings (SSSR count). The number of aromatic nitrogens is 2. The molecule has 0 atom stereocenters. The molecule has 3 nitrogen and oxygen atoms in total. The van der Waals surface area contributed by atoms with Crippen molar-refractivity contribution in [2.45, 2.75) is 26.3 Å². The van der Waals surface area contributed by atoms with Gasteiger partial charge in [-0.3, -0.25) is 9.67 Å². The fourth-order valence-corrected chi connectivity index (χ4v) is 1.43. The zero-order chi connectivity index (χ0) is 10.1. The van der Waals surface area contributed by atoms with Crippen LogP contribution in [0.2, 0.25) is 0 Å². The van der Waals surface area contributed by atoms with Crippen LogP contribution in [0.25, 0.3) is 0 Å². The molecule has 0 aliphatic rings. The molecule has 0 spiro atoms. The molecule has 13 heavy (non-hydrogen) atoms. The van der Waals surface area contributed by atoms with E-state index >= 15 is 0 Å². The summed E-state index contributed by atoms with van der Waals surface area (Å²) < 4.78 is 2.96. The molecule has 72 valence electrons. The number of rotatable bonds is 1. The molecule has 0 saturated carbocycles. The summed E-state index contributed by atoms with van der Waals surface area (Å²) in [6.45, 7) is 6.23. The van der Waals surface area contributed by atoms with Crippen molar-refractivity contribution in [1.82, 2.24) is 9.78 Å². The van der Waals surface area contributed by atoms with Crippen molar-refractivity contribution in [2.75, 3.05) is 0 Å². The van der Waals surface area contributed by atoms with Crippen LogP contribution in [-0.2, 0) is 7.05 Å². The fourth-order valence-electron chi connectivity index (χ4n) is 0.820. The Kier molecular flexibility index (Phi) is 3.10. The van der Waals surface area contributed by atoms with Gasteiger partial charge in [0.25, 0.3) is 0 Å². The van der Waals surface area contributed by atoms with Crippen LogP contribution in [0, 0.1) is 3.57 Å². The van der Waals surface area contributed by atoms with Crippen molar-refractivity contribution < 1.29 is 0 Å². The van der Waals surface area contributed by atoms with E-state index in [-0.39, 0.29) is 5.54 Å². The first-order valence-electron chi connectivity index (χ1n) is 4.13. The summed E-state index contributed by atoms with van der Waals surface area (Å²) in [6, 6.07) is 0. The Morgan fingerprint density at radius 3 is 2.54 bits per heavy atom. The van der Waals surface area contributed by atoms with Gasteiger partial charge in [-0.1, -0.05) is 0 Å². The molecular formula is C9H14IN3. The Morgan fingerprint density at radius 1 is 1.54 bits per heavy atom. The third kappa shape index (κ3) is 3.10. The van der Waals surface area contributed by atoms with Gasteiger partial charge in [0.15, 0.2) is 0 Å². The number of hydrogen-bond acceptors (Lipinski definition) is 2. The molecule has 0 aliphatic heterocycles. The van der Waals surface area contributed by atoms with E-state index in [1.165, 1.54) is 0 Å². The molecule has 1 aromatic rings. The van der Waals surface area contributed by atoms with E-state index in [4.69, 9.17) is 0 Å². The smallest absolute Gasteiger partial charge is 0.0918 e. The summed E-state index contributed by atoms with van der Waals surface area (Å²) in [5, 5.41) is 4.13. The van der Waals surface area contributed by atoms with Crippen LogP contribution in [0.15, 0.2) is 11.2 Å². The van der Waals surface area contributed by atoms with Crippen molar-refractivity contribution in [2.24, 2.45) is 12.0 Å². The zero-order valence-electron chi connectivity index (χ0n) is 8.37. The number of halogens is 1. The largest absolute Gasteiger partial charge is 0.285 e. The molecule has 1 aromatic heterocycles. The summed E-state index contributed by atoms with van der Waals surface area (Å²) in [7, 11) is 1.92. The third-order valence-corrected chi connectivity index (χ3v) is 2.34. The minimum Gasteiger partial charge on any atom is -0.285 e. The summed E-state index contributed by atoms with van der Waals surface area (Å²) in [4.78, 5) is 4.43. The lowest BCUT2D eigenvalue weighted by atomic mass is 10.1. The van der Waals surface area contributed by atoms with Gasteiger partial charge in [0.1, 0.15) is 0 Å². The molecule has 0 aromatic carbocycles. The summed E-state index contributed by atoms with van der Waals surface area (Å²) >= 11 is 2.26. The van der Waals surface area contributed by atoms with E-state index in [0.29, 0.717) is 0 Å². The van der Waals surface area contributed by atoms with Crippen LogP contribution in [0.4, 0.5) is 0 Å². The van der Waals surface area contributed by atoms with Gasteiger partial charge >= 0.3 is 0 Å². The highest BCUT2D eigenvalue weighted by molar-refractivity contribution is 14.1. The summed E-state index contributed by atoms with van der Waals surface area (Å²) in [5.74, 6) is 0. The molecular weight excluding hydrogens is 277 g/mol. The van der Waals surface area contributed by atoms with E-state index in [2.05, 4.69) is 53.5 Å². The second-order valence-electron chi connectivity index (χ2n) is 3.93. The lowest BCUT2D eigenvalue weighted by Gasteiger charge is -2.10. The Hall–Kier alpha value is -0.390. The third-order valence-electron chi connectivity index (χ3n) is 1.51. The minimum absolute atomic E-state index is 0.0205. The second kappa shape index (κ2) is 3.77. The number of nitrogens with zero attached hydrogens (tertiary/aromatic N) is 3. The van der Waals surface area contributed by atoms with E-state index in [9.17, 15) is 0 Å². The van der Waals surface area contributed by atoms with Crippen LogP contribution in [0.5, 0.6) is 0 Å². The Morgan fingerprint density at radius 2 is 2.15 bits per heavy atom. The van der Waals surface area contributed by atoms with Gasteiger partial charge in [0.05, 0.1) is 21.0 Å². The van der Waals surface area contributed by atoms with Crippen LogP contribution < -0.4 is 0 Å². The predicted octanol–water partition coefficient (Wildman–Crippen LogP) is 2.24. The molecule has 0 saturated heterocycles. The zero-order valence-corrected chi connectivity index (χ0v) is 10.5. The Balaban J connectivity index is 2.92. The minimum atomic E-state index is -0.0205. The summed E-state index contributed by atoms with van der Waals surface area (Å²) in [5.41, 5.74) is 1.04. The fraction of sp³-hybridized carbons (Fsp3) is 0.556. The SMILES string of the molecule is Cn1ncc(I)c1C=NC(C)(C)C. The predicted molar refractivity (Wildman–Crippen MR) is 63.3 cm³/mol. The first-order valence-corrected chi connectivity index (χ1v) is 5.21. The maximum absolute atomic E-state index is 4.43. The summed E-state index contributed by atoms with van der Waals surface area (Å²) in [6.07, 6.45) is 3.72. The lowest BCUT2D eigenvalue weighted by Crippen LogP contribution is -2.11. The first-order chi connectivity index (χ1) is 5.90. The molecule has 0 aliphatic carbocycles. The van der Waals surface area contributed by atoms with Crippen molar-refractivity contribution in [3.63, 3.8) is 0 Å². The van der Waals surface area contributed by atoms with Crippen LogP contribution in [0.3, 0.4) is 0 Å². The van der Waals surface area contributed by atoms with E-state index in [0.717, 1.165) is 9.26 Å². The van der Waals surface area contributed by atoms with Crippen LogP contribution >= 0.6 is 22.6 Å². The molecule has 0 unspecified atom stereocenters. The Bertz CT molecular complexity index is 301. The number of aliphatic imine (C=N–C) groups is 1. The van der Waals surface area contributed by atoms with Crippen molar-refractivity contribution in [3.05, 3.63) is 15.5 Å². The van der Waals surface area contributed by atoms with Crippen molar-refractivity contribution >= 4 is 28.8 Å². The first kappa shape index (κ1) is 10.7. The highest BCUT2D eigenvalue weighted by Gasteiger charge is 2.07. The second-order valence-corrected chi connectivity index (χ2v) is 5.09. The molecule has 0 radical (unpaired) electrons. The molecule has 1 heterocycles. The maximum Gasteiger partial charge on any atom is 0.0918 e. The van der Waals surface area contributed by atoms with Gasteiger partial charge in [-0.25, -0.2) is 0 Å². The highest BCUT2D eigenvalue weighted by atomic mass is 127. The van der Waals surface area contributed by atoms with Gasteiger partial charge in [-0.05, 0) is 43.4 Å².